The van der Waals surface area contributed by atoms with Gasteiger partial charge < -0.3 is 0 Å². The Kier molecular flexibility index (Phi) is 5.64. The Bertz CT molecular complexity index is 694. The first kappa shape index (κ1) is 16.4. The summed E-state index contributed by atoms with van der Waals surface area (Å²) in [5.41, 5.74) is 3.80. The normalized spacial score (nSPS) is 10.2. The smallest absolute Gasteiger partial charge is 0.242 e. The van der Waals surface area contributed by atoms with Crippen LogP contribution in [0.25, 0.3) is 0 Å². The number of benzene rings is 1. The van der Waals surface area contributed by atoms with E-state index in [0.717, 1.165) is 5.56 Å². The predicted octanol–water partition coefficient (Wildman–Crippen LogP) is 2.08. The fourth-order valence-corrected chi connectivity index (χ4v) is 2.09. The van der Waals surface area contributed by atoms with Crippen molar-refractivity contribution in [2.75, 3.05) is 11.6 Å². The summed E-state index contributed by atoms with van der Waals surface area (Å²) in [7, 11) is 0. The molecule has 6 nitrogen and oxygen atoms in total. The zero-order valence-corrected chi connectivity index (χ0v) is 13.2. The van der Waals surface area contributed by atoms with Gasteiger partial charge in [-0.15, -0.1) is 0 Å². The zero-order valence-electron chi connectivity index (χ0n) is 13.2. The number of amides is 1. The van der Waals surface area contributed by atoms with Crippen molar-refractivity contribution in [1.29, 1.82) is 5.26 Å². The second kappa shape index (κ2) is 7.90. The molecule has 0 bridgehead atoms. The highest BCUT2D eigenvalue weighted by Crippen LogP contribution is 2.10. The molecule has 2 rings (SSSR count). The summed E-state index contributed by atoms with van der Waals surface area (Å²) in [5, 5.41) is 10.6. The van der Waals surface area contributed by atoms with Gasteiger partial charge in [0.25, 0.3) is 0 Å². The van der Waals surface area contributed by atoms with Gasteiger partial charge in [0.05, 0.1) is 6.42 Å². The summed E-state index contributed by atoms with van der Waals surface area (Å²) in [6.07, 6.45) is 1.79. The lowest BCUT2D eigenvalue weighted by Crippen LogP contribution is -2.45. The second-order valence-corrected chi connectivity index (χ2v) is 5.55. The van der Waals surface area contributed by atoms with Crippen molar-refractivity contribution in [2.45, 2.75) is 20.3 Å². The summed E-state index contributed by atoms with van der Waals surface area (Å²) in [6.45, 7) is 4.67. The van der Waals surface area contributed by atoms with E-state index < -0.39 is 0 Å². The molecule has 6 heteroatoms. The van der Waals surface area contributed by atoms with Crippen LogP contribution < -0.4 is 10.4 Å². The van der Waals surface area contributed by atoms with Crippen LogP contribution in [0.3, 0.4) is 0 Å². The molecule has 0 aliphatic rings. The number of anilines is 1. The van der Waals surface area contributed by atoms with E-state index in [0.29, 0.717) is 18.3 Å². The van der Waals surface area contributed by atoms with Crippen molar-refractivity contribution in [3.05, 3.63) is 54.0 Å². The van der Waals surface area contributed by atoms with Crippen molar-refractivity contribution >= 4 is 11.7 Å². The van der Waals surface area contributed by atoms with Gasteiger partial charge in [-0.3, -0.25) is 15.2 Å². The van der Waals surface area contributed by atoms with E-state index in [-0.39, 0.29) is 18.2 Å². The molecular formula is C17H19N5O. The molecule has 0 spiro atoms. The topological polar surface area (TPSA) is 81.9 Å². The fourth-order valence-electron chi connectivity index (χ4n) is 2.09. The van der Waals surface area contributed by atoms with Crippen LogP contribution in [0.5, 0.6) is 0 Å². The average molecular weight is 309 g/mol. The van der Waals surface area contributed by atoms with Gasteiger partial charge in [-0.2, -0.15) is 10.2 Å². The molecule has 2 aromatic rings. The Hall–Kier alpha value is -2.94. The number of nitriles is 1. The van der Waals surface area contributed by atoms with Crippen molar-refractivity contribution in [3.8, 4) is 6.07 Å². The number of hydrogen-bond acceptors (Lipinski definition) is 5. The largest absolute Gasteiger partial charge is 0.273 e. The molecule has 23 heavy (non-hydrogen) atoms. The van der Waals surface area contributed by atoms with E-state index in [9.17, 15) is 4.79 Å². The lowest BCUT2D eigenvalue weighted by atomic mass is 10.1. The van der Waals surface area contributed by atoms with Gasteiger partial charge in [-0.05, 0) is 11.5 Å². The summed E-state index contributed by atoms with van der Waals surface area (Å²) in [5.74, 6) is 0.765. The number of hydrogen-bond donors (Lipinski definition) is 1. The van der Waals surface area contributed by atoms with Gasteiger partial charge in [-0.1, -0.05) is 44.2 Å². The molecule has 1 aromatic heterocycles. The van der Waals surface area contributed by atoms with Crippen molar-refractivity contribution in [3.63, 3.8) is 0 Å². The Morgan fingerprint density at radius 1 is 1.30 bits per heavy atom. The van der Waals surface area contributed by atoms with Crippen LogP contribution in [0, 0.1) is 17.2 Å². The molecule has 0 radical (unpaired) electrons. The second-order valence-electron chi connectivity index (χ2n) is 5.55. The van der Waals surface area contributed by atoms with Crippen LogP contribution in [0.1, 0.15) is 25.2 Å². The highest BCUT2D eigenvalue weighted by Gasteiger charge is 2.14. The highest BCUT2D eigenvalue weighted by atomic mass is 16.2. The first-order valence-electron chi connectivity index (χ1n) is 7.42. The van der Waals surface area contributed by atoms with Gasteiger partial charge in [0.2, 0.25) is 11.7 Å². The zero-order chi connectivity index (χ0) is 16.7. The standard InChI is InChI=1S/C17H19N5O/c1-13(2)12-22(16-8-9-19-15(11-18)20-16)21-17(23)10-14-6-4-3-5-7-14/h3-9,13H,10,12H2,1-2H3,(H,21,23). The maximum Gasteiger partial charge on any atom is 0.242 e. The molecule has 0 atom stereocenters. The number of carbonyl (C=O) groups is 1. The number of rotatable bonds is 6. The van der Waals surface area contributed by atoms with Crippen molar-refractivity contribution in [2.24, 2.45) is 5.92 Å². The molecule has 0 saturated carbocycles. The number of nitrogens with one attached hydrogen (secondary N) is 1. The summed E-state index contributed by atoms with van der Waals surface area (Å²) in [4.78, 5) is 20.3. The van der Waals surface area contributed by atoms with Crippen LogP contribution in [-0.2, 0) is 11.2 Å². The maximum atomic E-state index is 12.3. The maximum absolute atomic E-state index is 12.3. The van der Waals surface area contributed by atoms with E-state index in [2.05, 4.69) is 15.4 Å². The molecule has 0 unspecified atom stereocenters. The van der Waals surface area contributed by atoms with Crippen molar-refractivity contribution < 1.29 is 4.79 Å². The van der Waals surface area contributed by atoms with Gasteiger partial charge in [-0.25, -0.2) is 4.98 Å². The molecule has 0 aliphatic carbocycles. The lowest BCUT2D eigenvalue weighted by molar-refractivity contribution is -0.120. The first-order valence-corrected chi connectivity index (χ1v) is 7.42. The van der Waals surface area contributed by atoms with Crippen molar-refractivity contribution in [1.82, 2.24) is 15.4 Å². The molecule has 0 fully saturated rings. The minimum Gasteiger partial charge on any atom is -0.273 e. The van der Waals surface area contributed by atoms with Crippen LogP contribution in [0.15, 0.2) is 42.6 Å². The number of aromatic nitrogens is 2. The molecule has 1 N–H and O–H groups in total. The van der Waals surface area contributed by atoms with E-state index in [1.165, 1.54) is 6.20 Å². The molecule has 0 aliphatic heterocycles. The Labute approximate surface area is 135 Å². The lowest BCUT2D eigenvalue weighted by Gasteiger charge is -2.26. The van der Waals surface area contributed by atoms with E-state index in [1.54, 1.807) is 11.1 Å². The van der Waals surface area contributed by atoms with E-state index in [1.807, 2.05) is 50.2 Å². The SMILES string of the molecule is CC(C)CN(NC(=O)Cc1ccccc1)c1ccnc(C#N)n1. The average Bonchev–Trinajstić information content (AvgIpc) is 2.54. The van der Waals surface area contributed by atoms with Crippen LogP contribution in [0.2, 0.25) is 0 Å². The Morgan fingerprint density at radius 3 is 2.70 bits per heavy atom. The summed E-state index contributed by atoms with van der Waals surface area (Å²) < 4.78 is 0. The first-order chi connectivity index (χ1) is 11.1. The number of nitrogens with zero attached hydrogens (tertiary/aromatic N) is 4. The third-order valence-corrected chi connectivity index (χ3v) is 3.03. The quantitative estimate of drug-likeness (QED) is 0.826. The van der Waals surface area contributed by atoms with E-state index >= 15 is 0 Å². The minimum atomic E-state index is -0.131. The number of carbonyl (C=O) groups excluding carboxylic acids is 1. The molecule has 1 heterocycles. The predicted molar refractivity (Wildman–Crippen MR) is 87.2 cm³/mol. The van der Waals surface area contributed by atoms with E-state index in [4.69, 9.17) is 5.26 Å². The van der Waals surface area contributed by atoms with Crippen LogP contribution in [0.4, 0.5) is 5.82 Å². The minimum absolute atomic E-state index is 0.0774. The van der Waals surface area contributed by atoms with Gasteiger partial charge in [0.15, 0.2) is 5.82 Å². The molecule has 118 valence electrons. The Morgan fingerprint density at radius 2 is 2.04 bits per heavy atom. The third kappa shape index (κ3) is 5.08. The number of hydrazine groups is 1. The van der Waals surface area contributed by atoms with Gasteiger partial charge in [0, 0.05) is 18.8 Å². The monoisotopic (exact) mass is 309 g/mol. The highest BCUT2D eigenvalue weighted by molar-refractivity contribution is 5.80. The molecule has 0 saturated heterocycles. The van der Waals surface area contributed by atoms with Gasteiger partial charge in [0.1, 0.15) is 6.07 Å². The summed E-state index contributed by atoms with van der Waals surface area (Å²) >= 11 is 0. The molecule has 1 amide bonds. The Balaban J connectivity index is 2.12. The van der Waals surface area contributed by atoms with Gasteiger partial charge >= 0.3 is 0 Å². The molecule has 1 aromatic carbocycles. The third-order valence-electron chi connectivity index (χ3n) is 3.03. The fraction of sp³-hybridized carbons (Fsp3) is 0.294. The van der Waals surface area contributed by atoms with Crippen LogP contribution in [-0.4, -0.2) is 22.4 Å². The summed E-state index contributed by atoms with van der Waals surface area (Å²) in [6, 6.07) is 13.1. The van der Waals surface area contributed by atoms with Crippen LogP contribution >= 0.6 is 0 Å². The molecular weight excluding hydrogens is 290 g/mol.